The maximum atomic E-state index is 12.8. The van der Waals surface area contributed by atoms with Crippen LogP contribution < -0.4 is 5.32 Å². The molecule has 0 aliphatic heterocycles. The highest BCUT2D eigenvalue weighted by molar-refractivity contribution is 5.92. The molecule has 2 nitrogen and oxygen atoms in total. The van der Waals surface area contributed by atoms with Crippen molar-refractivity contribution in [2.45, 2.75) is 46.1 Å². The van der Waals surface area contributed by atoms with E-state index in [1.54, 1.807) is 6.92 Å². The van der Waals surface area contributed by atoms with Gasteiger partial charge >= 0.3 is 0 Å². The minimum absolute atomic E-state index is 0.112. The Morgan fingerprint density at radius 2 is 2.00 bits per heavy atom. The summed E-state index contributed by atoms with van der Waals surface area (Å²) in [6.07, 6.45) is 4.39. The lowest BCUT2D eigenvalue weighted by Gasteiger charge is -2.13. The second kappa shape index (κ2) is 7.72. The Morgan fingerprint density at radius 1 is 1.37 bits per heavy atom. The molecule has 3 heteroatoms. The molecule has 0 saturated carbocycles. The summed E-state index contributed by atoms with van der Waals surface area (Å²) in [5, 5.41) is 3.24. The first kappa shape index (κ1) is 15.4. The molecule has 0 fully saturated rings. The van der Waals surface area contributed by atoms with E-state index in [0.717, 1.165) is 30.4 Å². The highest BCUT2D eigenvalue weighted by Crippen LogP contribution is 2.08. The van der Waals surface area contributed by atoms with Gasteiger partial charge in [-0.25, -0.2) is 4.39 Å². The fraction of sp³-hybridized carbons (Fsp3) is 0.438. The topological polar surface area (TPSA) is 29.1 Å². The van der Waals surface area contributed by atoms with E-state index >= 15 is 0 Å². The van der Waals surface area contributed by atoms with E-state index in [0.29, 0.717) is 0 Å². The Hall–Kier alpha value is -1.64. The third-order valence-corrected chi connectivity index (χ3v) is 3.15. The molecule has 0 spiro atoms. The lowest BCUT2D eigenvalue weighted by Crippen LogP contribution is -2.22. The van der Waals surface area contributed by atoms with Gasteiger partial charge in [0.25, 0.3) is 0 Å². The maximum absolute atomic E-state index is 12.8. The van der Waals surface area contributed by atoms with E-state index in [-0.39, 0.29) is 17.6 Å². The number of carbonyl (C=O) groups is 1. The third kappa shape index (κ3) is 5.69. The van der Waals surface area contributed by atoms with E-state index in [9.17, 15) is 9.18 Å². The van der Waals surface area contributed by atoms with Gasteiger partial charge in [-0.2, -0.15) is 0 Å². The molecule has 1 atom stereocenters. The maximum Gasteiger partial charge on any atom is 0.157 e. The van der Waals surface area contributed by atoms with Crippen LogP contribution >= 0.6 is 0 Å². The molecule has 0 radical (unpaired) electrons. The van der Waals surface area contributed by atoms with E-state index in [1.165, 1.54) is 12.1 Å². The van der Waals surface area contributed by atoms with Crippen LogP contribution in [0.2, 0.25) is 0 Å². The van der Waals surface area contributed by atoms with Gasteiger partial charge < -0.3 is 5.32 Å². The van der Waals surface area contributed by atoms with Gasteiger partial charge in [-0.05, 0) is 50.8 Å². The summed E-state index contributed by atoms with van der Waals surface area (Å²) >= 11 is 0. The van der Waals surface area contributed by atoms with Crippen LogP contribution in [0.3, 0.4) is 0 Å². The zero-order valence-electron chi connectivity index (χ0n) is 11.9. The number of Topliss-reactive ketones (excluding diaryl/α,β-unsaturated/α-hetero) is 1. The van der Waals surface area contributed by atoms with Crippen molar-refractivity contribution < 1.29 is 9.18 Å². The molecular formula is C16H22FNO. The second-order valence-corrected chi connectivity index (χ2v) is 4.81. The van der Waals surface area contributed by atoms with Crippen molar-refractivity contribution in [3.05, 3.63) is 47.4 Å². The number of allylic oxidation sites excluding steroid dienone is 1. The van der Waals surface area contributed by atoms with Crippen molar-refractivity contribution in [1.29, 1.82) is 0 Å². The number of ketones is 1. The molecule has 0 amide bonds. The summed E-state index contributed by atoms with van der Waals surface area (Å²) in [5.74, 6) is -0.0902. The largest absolute Gasteiger partial charge is 0.388 e. The first-order valence-electron chi connectivity index (χ1n) is 6.73. The van der Waals surface area contributed by atoms with Gasteiger partial charge in [0.15, 0.2) is 5.78 Å². The van der Waals surface area contributed by atoms with Gasteiger partial charge in [0.05, 0.1) is 0 Å². The minimum atomic E-state index is -0.202. The predicted molar refractivity (Wildman–Crippen MR) is 76.4 cm³/mol. The number of hydrogen-bond acceptors (Lipinski definition) is 2. The van der Waals surface area contributed by atoms with E-state index in [1.807, 2.05) is 25.3 Å². The van der Waals surface area contributed by atoms with Crippen molar-refractivity contribution in [2.75, 3.05) is 0 Å². The van der Waals surface area contributed by atoms with Gasteiger partial charge in [-0.3, -0.25) is 4.79 Å². The Kier molecular flexibility index (Phi) is 6.26. The molecule has 104 valence electrons. The summed E-state index contributed by atoms with van der Waals surface area (Å²) < 4.78 is 12.8. The number of nitrogens with one attached hydrogen (secondary N) is 1. The molecule has 0 saturated heterocycles. The lowest BCUT2D eigenvalue weighted by molar-refractivity contribution is -0.113. The van der Waals surface area contributed by atoms with E-state index in [4.69, 9.17) is 0 Å². The molecular weight excluding hydrogens is 241 g/mol. The van der Waals surface area contributed by atoms with Gasteiger partial charge in [-0.1, -0.05) is 19.1 Å². The van der Waals surface area contributed by atoms with Gasteiger partial charge in [0, 0.05) is 17.8 Å². The van der Waals surface area contributed by atoms with Crippen LogP contribution in [0.25, 0.3) is 0 Å². The van der Waals surface area contributed by atoms with E-state index in [2.05, 4.69) is 12.2 Å². The molecule has 1 aromatic rings. The molecule has 0 heterocycles. The summed E-state index contributed by atoms with van der Waals surface area (Å²) in [7, 11) is 0. The fourth-order valence-electron chi connectivity index (χ4n) is 1.81. The van der Waals surface area contributed by atoms with Crippen LogP contribution in [0.4, 0.5) is 4.39 Å². The molecule has 0 aliphatic carbocycles. The summed E-state index contributed by atoms with van der Waals surface area (Å²) in [6.45, 7) is 5.63. The predicted octanol–water partition coefficient (Wildman–Crippen LogP) is 3.62. The summed E-state index contributed by atoms with van der Waals surface area (Å²) in [5.41, 5.74) is 1.94. The zero-order valence-corrected chi connectivity index (χ0v) is 11.9. The Balaban J connectivity index is 2.41. The third-order valence-electron chi connectivity index (χ3n) is 3.15. The molecule has 0 aromatic heterocycles. The molecule has 1 unspecified atom stereocenters. The van der Waals surface area contributed by atoms with Crippen molar-refractivity contribution in [3.63, 3.8) is 0 Å². The summed E-state index contributed by atoms with van der Waals surface area (Å²) in [6, 6.07) is 6.87. The van der Waals surface area contributed by atoms with E-state index < -0.39 is 0 Å². The molecule has 0 aliphatic rings. The average Bonchev–Trinajstić information content (AvgIpc) is 2.38. The molecule has 19 heavy (non-hydrogen) atoms. The minimum Gasteiger partial charge on any atom is -0.388 e. The highest BCUT2D eigenvalue weighted by Gasteiger charge is 2.03. The standard InChI is InChI=1S/C16H22FNO/c1-4-15(13(3)19)11-18-12(2)5-6-14-7-9-16(17)10-8-14/h7-12,18H,4-6H2,1-3H3/b15-11-. The van der Waals surface area contributed by atoms with Gasteiger partial charge in [-0.15, -0.1) is 0 Å². The first-order chi connectivity index (χ1) is 9.02. The Morgan fingerprint density at radius 3 is 2.53 bits per heavy atom. The van der Waals surface area contributed by atoms with Crippen molar-refractivity contribution >= 4 is 5.78 Å². The number of hydrogen-bond donors (Lipinski definition) is 1. The van der Waals surface area contributed by atoms with Crippen LogP contribution in [-0.4, -0.2) is 11.8 Å². The smallest absolute Gasteiger partial charge is 0.157 e. The first-order valence-corrected chi connectivity index (χ1v) is 6.73. The van der Waals surface area contributed by atoms with Gasteiger partial charge in [0.2, 0.25) is 0 Å². The number of aryl methyl sites for hydroxylation is 1. The Labute approximate surface area is 114 Å². The van der Waals surface area contributed by atoms with Gasteiger partial charge in [0.1, 0.15) is 5.82 Å². The monoisotopic (exact) mass is 263 g/mol. The van der Waals surface area contributed by atoms with Crippen LogP contribution in [0.5, 0.6) is 0 Å². The normalized spacial score (nSPS) is 13.2. The SMILES string of the molecule is CC/C(=C/NC(C)CCc1ccc(F)cc1)C(C)=O. The van der Waals surface area contributed by atoms with Crippen LogP contribution in [-0.2, 0) is 11.2 Å². The van der Waals surface area contributed by atoms with Crippen LogP contribution in [0.15, 0.2) is 36.0 Å². The number of halogens is 1. The fourth-order valence-corrected chi connectivity index (χ4v) is 1.81. The van der Waals surface area contributed by atoms with Crippen LogP contribution in [0.1, 0.15) is 39.2 Å². The number of benzene rings is 1. The molecule has 1 N–H and O–H groups in total. The second-order valence-electron chi connectivity index (χ2n) is 4.81. The van der Waals surface area contributed by atoms with Crippen LogP contribution in [0, 0.1) is 5.82 Å². The highest BCUT2D eigenvalue weighted by atomic mass is 19.1. The van der Waals surface area contributed by atoms with Crippen molar-refractivity contribution in [2.24, 2.45) is 0 Å². The zero-order chi connectivity index (χ0) is 14.3. The lowest BCUT2D eigenvalue weighted by atomic mass is 10.1. The summed E-state index contributed by atoms with van der Waals surface area (Å²) in [4.78, 5) is 11.3. The number of rotatable bonds is 7. The molecule has 1 aromatic carbocycles. The average molecular weight is 263 g/mol. The van der Waals surface area contributed by atoms with Crippen molar-refractivity contribution in [1.82, 2.24) is 5.32 Å². The number of carbonyl (C=O) groups excluding carboxylic acids is 1. The Bertz CT molecular complexity index is 437. The molecule has 1 rings (SSSR count). The molecule has 0 bridgehead atoms. The van der Waals surface area contributed by atoms with Crippen molar-refractivity contribution in [3.8, 4) is 0 Å². The quantitative estimate of drug-likeness (QED) is 0.761.